The minimum atomic E-state index is -0.156. The quantitative estimate of drug-likeness (QED) is 0.599. The highest BCUT2D eigenvalue weighted by atomic mass is 35.5. The molecule has 0 atom stereocenters. The SMILES string of the molecule is Cc1cccc(N2CCN(C(=O)NC(c3ccccc3)c3ccccc3)CC2)c1C.Cl. The number of anilines is 1. The van der Waals surface area contributed by atoms with Crippen LogP contribution in [0.15, 0.2) is 78.9 Å². The van der Waals surface area contributed by atoms with Gasteiger partial charge in [-0.05, 0) is 42.2 Å². The first-order chi connectivity index (χ1) is 14.6. The van der Waals surface area contributed by atoms with Gasteiger partial charge in [-0.15, -0.1) is 12.4 Å². The minimum absolute atomic E-state index is 0. The highest BCUT2D eigenvalue weighted by Crippen LogP contribution is 2.25. The van der Waals surface area contributed by atoms with Crippen molar-refractivity contribution in [3.8, 4) is 0 Å². The summed E-state index contributed by atoms with van der Waals surface area (Å²) in [5.74, 6) is 0. The van der Waals surface area contributed by atoms with Gasteiger partial charge in [0.1, 0.15) is 0 Å². The van der Waals surface area contributed by atoms with E-state index in [1.165, 1.54) is 16.8 Å². The summed E-state index contributed by atoms with van der Waals surface area (Å²) in [6.07, 6.45) is 0. The maximum atomic E-state index is 13.1. The molecule has 0 bridgehead atoms. The Kier molecular flexibility index (Phi) is 7.59. The van der Waals surface area contributed by atoms with E-state index in [2.05, 4.69) is 66.5 Å². The maximum absolute atomic E-state index is 13.1. The Balaban J connectivity index is 0.00000272. The zero-order valence-electron chi connectivity index (χ0n) is 18.1. The summed E-state index contributed by atoms with van der Waals surface area (Å²) in [5.41, 5.74) is 6.09. The van der Waals surface area contributed by atoms with Gasteiger partial charge >= 0.3 is 6.03 Å². The molecule has 0 aliphatic carbocycles. The van der Waals surface area contributed by atoms with Crippen LogP contribution in [0.2, 0.25) is 0 Å². The average Bonchev–Trinajstić information content (AvgIpc) is 2.80. The second-order valence-corrected chi connectivity index (χ2v) is 7.90. The molecule has 0 unspecified atom stereocenters. The molecule has 3 aromatic carbocycles. The van der Waals surface area contributed by atoms with Crippen molar-refractivity contribution in [1.29, 1.82) is 0 Å². The van der Waals surface area contributed by atoms with Crippen LogP contribution < -0.4 is 10.2 Å². The van der Waals surface area contributed by atoms with Gasteiger partial charge < -0.3 is 15.1 Å². The molecule has 0 spiro atoms. The van der Waals surface area contributed by atoms with Crippen molar-refractivity contribution in [3.63, 3.8) is 0 Å². The number of amides is 2. The van der Waals surface area contributed by atoms with E-state index in [9.17, 15) is 4.79 Å². The van der Waals surface area contributed by atoms with Crippen molar-refractivity contribution in [2.75, 3.05) is 31.1 Å². The molecule has 2 amide bonds. The molecule has 1 aliphatic heterocycles. The fourth-order valence-corrected chi connectivity index (χ4v) is 4.09. The van der Waals surface area contributed by atoms with E-state index in [1.54, 1.807) is 0 Å². The van der Waals surface area contributed by atoms with E-state index < -0.39 is 0 Å². The lowest BCUT2D eigenvalue weighted by atomic mass is 9.99. The lowest BCUT2D eigenvalue weighted by Crippen LogP contribution is -2.52. The van der Waals surface area contributed by atoms with E-state index in [4.69, 9.17) is 0 Å². The van der Waals surface area contributed by atoms with Crippen molar-refractivity contribution in [3.05, 3.63) is 101 Å². The van der Waals surface area contributed by atoms with Crippen LogP contribution in [-0.2, 0) is 0 Å². The van der Waals surface area contributed by atoms with Crippen molar-refractivity contribution in [1.82, 2.24) is 10.2 Å². The monoisotopic (exact) mass is 435 g/mol. The van der Waals surface area contributed by atoms with Crippen LogP contribution >= 0.6 is 12.4 Å². The van der Waals surface area contributed by atoms with Crippen LogP contribution in [0.1, 0.15) is 28.3 Å². The third-order valence-electron chi connectivity index (χ3n) is 6.02. The third-order valence-corrected chi connectivity index (χ3v) is 6.02. The van der Waals surface area contributed by atoms with Crippen molar-refractivity contribution < 1.29 is 4.79 Å². The fourth-order valence-electron chi connectivity index (χ4n) is 4.09. The normalized spacial score (nSPS) is 13.6. The predicted molar refractivity (Wildman–Crippen MR) is 130 cm³/mol. The van der Waals surface area contributed by atoms with Crippen LogP contribution in [0.4, 0.5) is 10.5 Å². The lowest BCUT2D eigenvalue weighted by Gasteiger charge is -2.37. The lowest BCUT2D eigenvalue weighted by molar-refractivity contribution is 0.192. The van der Waals surface area contributed by atoms with Crippen LogP contribution in [0.5, 0.6) is 0 Å². The number of carbonyl (C=O) groups is 1. The molecule has 4 nitrogen and oxygen atoms in total. The van der Waals surface area contributed by atoms with Gasteiger partial charge in [-0.2, -0.15) is 0 Å². The smallest absolute Gasteiger partial charge is 0.318 e. The molecular formula is C26H30ClN3O. The zero-order chi connectivity index (χ0) is 20.9. The Bertz CT molecular complexity index is 947. The number of aryl methyl sites for hydroxylation is 1. The molecule has 0 radical (unpaired) electrons. The first-order valence-electron chi connectivity index (χ1n) is 10.6. The number of carbonyl (C=O) groups excluding carboxylic acids is 1. The number of halogens is 1. The first-order valence-corrected chi connectivity index (χ1v) is 10.6. The van der Waals surface area contributed by atoms with Crippen LogP contribution in [0.25, 0.3) is 0 Å². The standard InChI is InChI=1S/C26H29N3O.ClH/c1-20-10-9-15-24(21(20)2)28-16-18-29(19-17-28)26(30)27-25(22-11-5-3-6-12-22)23-13-7-4-8-14-23;/h3-15,25H,16-19H2,1-2H3,(H,27,30);1H. The first kappa shape index (κ1) is 22.7. The molecule has 31 heavy (non-hydrogen) atoms. The van der Waals surface area contributed by atoms with Gasteiger partial charge in [0.15, 0.2) is 0 Å². The number of hydrogen-bond acceptors (Lipinski definition) is 2. The maximum Gasteiger partial charge on any atom is 0.318 e. The van der Waals surface area contributed by atoms with E-state index in [1.807, 2.05) is 41.3 Å². The molecule has 1 N–H and O–H groups in total. The number of benzene rings is 3. The highest BCUT2D eigenvalue weighted by Gasteiger charge is 2.25. The van der Waals surface area contributed by atoms with E-state index in [-0.39, 0.29) is 24.5 Å². The molecule has 1 aliphatic rings. The average molecular weight is 436 g/mol. The Labute approximate surface area is 191 Å². The summed E-state index contributed by atoms with van der Waals surface area (Å²) < 4.78 is 0. The Morgan fingerprint density at radius 3 is 1.87 bits per heavy atom. The zero-order valence-corrected chi connectivity index (χ0v) is 18.9. The molecular weight excluding hydrogens is 406 g/mol. The Morgan fingerprint density at radius 2 is 1.32 bits per heavy atom. The molecule has 1 heterocycles. The second kappa shape index (κ2) is 10.4. The molecule has 3 aromatic rings. The minimum Gasteiger partial charge on any atom is -0.368 e. The number of piperazine rings is 1. The van der Waals surface area contributed by atoms with Crippen molar-refractivity contribution in [2.24, 2.45) is 0 Å². The number of nitrogens with one attached hydrogen (secondary N) is 1. The highest BCUT2D eigenvalue weighted by molar-refractivity contribution is 5.85. The molecule has 162 valence electrons. The molecule has 1 fully saturated rings. The van der Waals surface area contributed by atoms with Gasteiger partial charge in [0.25, 0.3) is 0 Å². The largest absolute Gasteiger partial charge is 0.368 e. The van der Waals surface area contributed by atoms with E-state index in [0.717, 1.165) is 37.3 Å². The molecule has 0 saturated carbocycles. The molecule has 4 rings (SSSR count). The summed E-state index contributed by atoms with van der Waals surface area (Å²) in [6.45, 7) is 7.45. The van der Waals surface area contributed by atoms with Crippen LogP contribution in [0.3, 0.4) is 0 Å². The predicted octanol–water partition coefficient (Wildman–Crippen LogP) is 5.35. The molecule has 1 saturated heterocycles. The number of rotatable bonds is 4. The summed E-state index contributed by atoms with van der Waals surface area (Å²) >= 11 is 0. The Morgan fingerprint density at radius 1 is 0.774 bits per heavy atom. The molecule has 0 aromatic heterocycles. The number of nitrogens with zero attached hydrogens (tertiary/aromatic N) is 2. The van der Waals surface area contributed by atoms with Crippen LogP contribution in [-0.4, -0.2) is 37.1 Å². The van der Waals surface area contributed by atoms with Gasteiger partial charge in [0, 0.05) is 31.9 Å². The van der Waals surface area contributed by atoms with Gasteiger partial charge in [0.05, 0.1) is 6.04 Å². The summed E-state index contributed by atoms with van der Waals surface area (Å²) in [4.78, 5) is 17.4. The fraction of sp³-hybridized carbons (Fsp3) is 0.269. The van der Waals surface area contributed by atoms with Gasteiger partial charge in [-0.1, -0.05) is 72.8 Å². The summed E-state index contributed by atoms with van der Waals surface area (Å²) in [6, 6.07) is 26.6. The number of urea groups is 1. The topological polar surface area (TPSA) is 35.6 Å². The molecule has 5 heteroatoms. The number of hydrogen-bond donors (Lipinski definition) is 1. The van der Waals surface area contributed by atoms with Gasteiger partial charge in [0.2, 0.25) is 0 Å². The summed E-state index contributed by atoms with van der Waals surface area (Å²) in [5, 5.41) is 3.26. The van der Waals surface area contributed by atoms with Crippen molar-refractivity contribution in [2.45, 2.75) is 19.9 Å². The second-order valence-electron chi connectivity index (χ2n) is 7.90. The Hall–Kier alpha value is -2.98. The van der Waals surface area contributed by atoms with Gasteiger partial charge in [-0.3, -0.25) is 0 Å². The third kappa shape index (κ3) is 5.20. The van der Waals surface area contributed by atoms with Crippen molar-refractivity contribution >= 4 is 24.1 Å². The summed E-state index contributed by atoms with van der Waals surface area (Å²) in [7, 11) is 0. The van der Waals surface area contributed by atoms with E-state index in [0.29, 0.717) is 0 Å². The van der Waals surface area contributed by atoms with E-state index >= 15 is 0 Å². The van der Waals surface area contributed by atoms with Crippen LogP contribution in [0, 0.1) is 13.8 Å². The van der Waals surface area contributed by atoms with Gasteiger partial charge in [-0.25, -0.2) is 4.79 Å².